The summed E-state index contributed by atoms with van der Waals surface area (Å²) in [6.45, 7) is 11.5. The molecule has 2 heterocycles. The highest BCUT2D eigenvalue weighted by atomic mass is 16.5. The van der Waals surface area contributed by atoms with Crippen LogP contribution in [0.2, 0.25) is 0 Å². The van der Waals surface area contributed by atoms with Gasteiger partial charge in [-0.05, 0) is 38.3 Å². The first-order chi connectivity index (χ1) is 9.93. The van der Waals surface area contributed by atoms with Crippen LogP contribution >= 0.6 is 0 Å². The van der Waals surface area contributed by atoms with Crippen molar-refractivity contribution in [3.05, 3.63) is 23.4 Å². The molecule has 0 saturated carbocycles. The predicted octanol–water partition coefficient (Wildman–Crippen LogP) is 2.89. The topological polar surface area (TPSA) is 37.4 Å². The summed E-state index contributed by atoms with van der Waals surface area (Å²) in [6, 6.07) is 4.84. The number of hydrogen-bond acceptors (Lipinski definition) is 4. The number of methoxy groups -OCH3 is 1. The van der Waals surface area contributed by atoms with E-state index in [0.717, 1.165) is 44.0 Å². The van der Waals surface area contributed by atoms with E-state index >= 15 is 0 Å². The molecule has 0 amide bonds. The SMILES string of the molecule is COC1(C)CCCN(c2ccc(CNC(C)C)c(C)n2)C1. The first-order valence-corrected chi connectivity index (χ1v) is 7.93. The molecule has 1 aromatic heterocycles. The van der Waals surface area contributed by atoms with Crippen LogP contribution in [0.15, 0.2) is 12.1 Å². The van der Waals surface area contributed by atoms with Crippen LogP contribution in [0.25, 0.3) is 0 Å². The Balaban J connectivity index is 2.09. The van der Waals surface area contributed by atoms with Crippen LogP contribution in [0.4, 0.5) is 5.82 Å². The monoisotopic (exact) mass is 291 g/mol. The molecule has 1 aliphatic rings. The summed E-state index contributed by atoms with van der Waals surface area (Å²) < 4.78 is 5.67. The van der Waals surface area contributed by atoms with Crippen molar-refractivity contribution in [3.8, 4) is 0 Å². The second-order valence-corrected chi connectivity index (χ2v) is 6.63. The van der Waals surface area contributed by atoms with Gasteiger partial charge in [-0.2, -0.15) is 0 Å². The average Bonchev–Trinajstić information content (AvgIpc) is 2.46. The summed E-state index contributed by atoms with van der Waals surface area (Å²) in [7, 11) is 1.81. The van der Waals surface area contributed by atoms with Crippen LogP contribution < -0.4 is 10.2 Å². The highest BCUT2D eigenvalue weighted by Crippen LogP contribution is 2.27. The quantitative estimate of drug-likeness (QED) is 0.905. The summed E-state index contributed by atoms with van der Waals surface area (Å²) in [6.07, 6.45) is 2.27. The molecule has 0 bridgehead atoms. The largest absolute Gasteiger partial charge is 0.377 e. The van der Waals surface area contributed by atoms with Gasteiger partial charge in [-0.3, -0.25) is 0 Å². The molecule has 1 saturated heterocycles. The van der Waals surface area contributed by atoms with E-state index in [-0.39, 0.29) is 5.60 Å². The maximum absolute atomic E-state index is 5.67. The molecule has 0 aliphatic carbocycles. The third kappa shape index (κ3) is 4.17. The summed E-state index contributed by atoms with van der Waals surface area (Å²) in [4.78, 5) is 7.15. The molecular formula is C17H29N3O. The maximum atomic E-state index is 5.67. The van der Waals surface area contributed by atoms with Gasteiger partial charge in [0.15, 0.2) is 0 Å². The van der Waals surface area contributed by atoms with Crippen LogP contribution in [0, 0.1) is 6.92 Å². The van der Waals surface area contributed by atoms with Gasteiger partial charge in [0.2, 0.25) is 0 Å². The summed E-state index contributed by atoms with van der Waals surface area (Å²) in [5.74, 6) is 1.07. The van der Waals surface area contributed by atoms with Crippen LogP contribution in [0.1, 0.15) is 44.9 Å². The number of piperidine rings is 1. The molecule has 4 heteroatoms. The van der Waals surface area contributed by atoms with E-state index in [1.54, 1.807) is 0 Å². The molecule has 1 aromatic rings. The van der Waals surface area contributed by atoms with Crippen molar-refractivity contribution in [3.63, 3.8) is 0 Å². The van der Waals surface area contributed by atoms with Crippen molar-refractivity contribution >= 4 is 5.82 Å². The lowest BCUT2D eigenvalue weighted by Crippen LogP contribution is -2.47. The maximum Gasteiger partial charge on any atom is 0.128 e. The summed E-state index contributed by atoms with van der Waals surface area (Å²) >= 11 is 0. The number of aromatic nitrogens is 1. The fraction of sp³-hybridized carbons (Fsp3) is 0.706. The third-order valence-electron chi connectivity index (χ3n) is 4.36. The first kappa shape index (κ1) is 16.2. The van der Waals surface area contributed by atoms with E-state index in [0.29, 0.717) is 6.04 Å². The van der Waals surface area contributed by atoms with Gasteiger partial charge in [0.1, 0.15) is 5.82 Å². The Morgan fingerprint density at radius 3 is 2.81 bits per heavy atom. The number of hydrogen-bond donors (Lipinski definition) is 1. The van der Waals surface area contributed by atoms with Crippen molar-refractivity contribution in [1.82, 2.24) is 10.3 Å². The minimum Gasteiger partial charge on any atom is -0.377 e. The zero-order chi connectivity index (χ0) is 15.5. The third-order valence-corrected chi connectivity index (χ3v) is 4.36. The molecule has 1 N–H and O–H groups in total. The molecular weight excluding hydrogens is 262 g/mol. The van der Waals surface area contributed by atoms with Crippen molar-refractivity contribution in [2.24, 2.45) is 0 Å². The van der Waals surface area contributed by atoms with Gasteiger partial charge < -0.3 is 15.0 Å². The van der Waals surface area contributed by atoms with Gasteiger partial charge in [0, 0.05) is 38.5 Å². The van der Waals surface area contributed by atoms with Crippen molar-refractivity contribution in [2.45, 2.75) is 58.7 Å². The summed E-state index contributed by atoms with van der Waals surface area (Å²) in [5, 5.41) is 3.45. The number of rotatable bonds is 5. The Kier molecular flexibility index (Phi) is 5.22. The van der Waals surface area contributed by atoms with Gasteiger partial charge in [-0.25, -0.2) is 4.98 Å². The van der Waals surface area contributed by atoms with Crippen molar-refractivity contribution in [1.29, 1.82) is 0 Å². The second kappa shape index (κ2) is 6.75. The van der Waals surface area contributed by atoms with Gasteiger partial charge in [-0.1, -0.05) is 19.9 Å². The molecule has 4 nitrogen and oxygen atoms in total. The zero-order valence-corrected chi connectivity index (χ0v) is 14.1. The average molecular weight is 291 g/mol. The Hall–Kier alpha value is -1.13. The lowest BCUT2D eigenvalue weighted by atomic mass is 9.95. The normalized spacial score (nSPS) is 22.9. The Morgan fingerprint density at radius 2 is 2.19 bits per heavy atom. The van der Waals surface area contributed by atoms with Crippen LogP contribution in [0.3, 0.4) is 0 Å². The smallest absolute Gasteiger partial charge is 0.128 e. The molecule has 0 aromatic carbocycles. The molecule has 118 valence electrons. The van der Waals surface area contributed by atoms with Crippen LogP contribution in [-0.2, 0) is 11.3 Å². The fourth-order valence-corrected chi connectivity index (χ4v) is 2.82. The number of aryl methyl sites for hydroxylation is 1. The molecule has 1 aliphatic heterocycles. The highest BCUT2D eigenvalue weighted by molar-refractivity contribution is 5.42. The van der Waals surface area contributed by atoms with Gasteiger partial charge in [0.25, 0.3) is 0 Å². The lowest BCUT2D eigenvalue weighted by Gasteiger charge is -2.40. The highest BCUT2D eigenvalue weighted by Gasteiger charge is 2.31. The predicted molar refractivity (Wildman–Crippen MR) is 87.8 cm³/mol. The molecule has 0 spiro atoms. The standard InChI is InChI=1S/C17H29N3O/c1-13(2)18-11-15-7-8-16(19-14(15)3)20-10-6-9-17(4,12-20)21-5/h7-8,13,18H,6,9-12H2,1-5H3. The molecule has 1 fully saturated rings. The van der Waals surface area contributed by atoms with Crippen molar-refractivity contribution < 1.29 is 4.74 Å². The van der Waals surface area contributed by atoms with E-state index < -0.39 is 0 Å². The van der Waals surface area contributed by atoms with E-state index in [1.165, 1.54) is 5.56 Å². The Labute approximate surface area is 128 Å². The fourth-order valence-electron chi connectivity index (χ4n) is 2.82. The van der Waals surface area contributed by atoms with Gasteiger partial charge in [-0.15, -0.1) is 0 Å². The van der Waals surface area contributed by atoms with E-state index in [2.05, 4.69) is 50.0 Å². The molecule has 21 heavy (non-hydrogen) atoms. The minimum absolute atomic E-state index is 0.0499. The summed E-state index contributed by atoms with van der Waals surface area (Å²) in [5.41, 5.74) is 2.34. The molecule has 1 unspecified atom stereocenters. The Bertz CT molecular complexity index is 475. The van der Waals surface area contributed by atoms with Crippen molar-refractivity contribution in [2.75, 3.05) is 25.1 Å². The first-order valence-electron chi connectivity index (χ1n) is 7.93. The van der Waals surface area contributed by atoms with Crippen LogP contribution in [-0.4, -0.2) is 36.8 Å². The number of ether oxygens (including phenoxy) is 1. The van der Waals surface area contributed by atoms with Gasteiger partial charge in [0.05, 0.1) is 5.60 Å². The molecule has 0 radical (unpaired) electrons. The van der Waals surface area contributed by atoms with E-state index in [1.807, 2.05) is 7.11 Å². The van der Waals surface area contributed by atoms with Crippen LogP contribution in [0.5, 0.6) is 0 Å². The zero-order valence-electron chi connectivity index (χ0n) is 14.1. The number of nitrogens with zero attached hydrogens (tertiary/aromatic N) is 2. The van der Waals surface area contributed by atoms with Gasteiger partial charge >= 0.3 is 0 Å². The lowest BCUT2D eigenvalue weighted by molar-refractivity contribution is -0.00482. The number of nitrogens with one attached hydrogen (secondary N) is 1. The van der Waals surface area contributed by atoms with E-state index in [4.69, 9.17) is 9.72 Å². The number of anilines is 1. The van der Waals surface area contributed by atoms with E-state index in [9.17, 15) is 0 Å². The number of pyridine rings is 1. The molecule has 1 atom stereocenters. The molecule has 2 rings (SSSR count). The second-order valence-electron chi connectivity index (χ2n) is 6.63. The Morgan fingerprint density at radius 1 is 1.43 bits per heavy atom. The minimum atomic E-state index is -0.0499.